The van der Waals surface area contributed by atoms with Gasteiger partial charge in [0.2, 0.25) is 0 Å². The van der Waals surface area contributed by atoms with Gasteiger partial charge in [-0.05, 0) is 59.3 Å². The molecule has 2 rings (SSSR count). The van der Waals surface area contributed by atoms with Crippen molar-refractivity contribution in [3.05, 3.63) is 39.1 Å². The van der Waals surface area contributed by atoms with E-state index in [-0.39, 0.29) is 5.75 Å². The topological polar surface area (TPSA) is 35.0 Å². The quantitative estimate of drug-likeness (QED) is 0.721. The van der Waals surface area contributed by atoms with E-state index in [1.54, 1.807) is 6.07 Å². The zero-order valence-electron chi connectivity index (χ0n) is 10.6. The summed E-state index contributed by atoms with van der Waals surface area (Å²) in [5.41, 5.74) is 1.06. The largest absolute Gasteiger partial charge is 0.496 e. The van der Waals surface area contributed by atoms with Gasteiger partial charge < -0.3 is 4.74 Å². The molecular weight excluding hydrogens is 384 g/mol. The van der Waals surface area contributed by atoms with Gasteiger partial charge in [-0.1, -0.05) is 0 Å². The summed E-state index contributed by atoms with van der Waals surface area (Å²) in [6.45, 7) is 1.82. The van der Waals surface area contributed by atoms with E-state index >= 15 is 0 Å². The predicted octanol–water partition coefficient (Wildman–Crippen LogP) is 4.08. The highest BCUT2D eigenvalue weighted by molar-refractivity contribution is 14.1. The molecule has 0 amide bonds. The maximum Gasteiger partial charge on any atom is 0.416 e. The van der Waals surface area contributed by atoms with Gasteiger partial charge in [-0.15, -0.1) is 10.2 Å². The number of aryl methyl sites for hydroxylation is 1. The molecule has 0 N–H and O–H groups in total. The molecule has 0 fully saturated rings. The number of halogens is 4. The van der Waals surface area contributed by atoms with Crippen molar-refractivity contribution in [2.24, 2.45) is 0 Å². The molecule has 0 saturated carbocycles. The molecule has 0 spiro atoms. The van der Waals surface area contributed by atoms with Crippen LogP contribution in [0.15, 0.2) is 24.3 Å². The summed E-state index contributed by atoms with van der Waals surface area (Å²) in [4.78, 5) is 0. The molecule has 7 heteroatoms. The molecule has 0 unspecified atom stereocenters. The van der Waals surface area contributed by atoms with Crippen molar-refractivity contribution in [3.8, 4) is 17.0 Å². The van der Waals surface area contributed by atoms with Crippen molar-refractivity contribution in [2.45, 2.75) is 13.1 Å². The van der Waals surface area contributed by atoms with Gasteiger partial charge in [0, 0.05) is 5.56 Å². The van der Waals surface area contributed by atoms with Gasteiger partial charge in [0.1, 0.15) is 9.45 Å². The van der Waals surface area contributed by atoms with E-state index in [2.05, 4.69) is 10.2 Å². The number of methoxy groups -OCH3 is 1. The minimum Gasteiger partial charge on any atom is -0.496 e. The molecule has 106 valence electrons. The third kappa shape index (κ3) is 3.02. The van der Waals surface area contributed by atoms with Gasteiger partial charge in [0.25, 0.3) is 0 Å². The second kappa shape index (κ2) is 5.55. The average molecular weight is 394 g/mol. The third-order valence-electron chi connectivity index (χ3n) is 2.74. The van der Waals surface area contributed by atoms with E-state index in [9.17, 15) is 13.2 Å². The molecular formula is C13H10F3IN2O. The SMILES string of the molecule is COc1cc(C(F)(F)F)ccc1-c1nnc(I)cc1C. The molecule has 0 bridgehead atoms. The Balaban J connectivity index is 2.57. The number of hydrogen-bond acceptors (Lipinski definition) is 3. The Kier molecular flexibility index (Phi) is 4.17. The zero-order chi connectivity index (χ0) is 14.9. The Hall–Kier alpha value is -1.38. The van der Waals surface area contributed by atoms with Crippen molar-refractivity contribution >= 4 is 22.6 Å². The minimum atomic E-state index is -4.40. The Bertz CT molecular complexity index is 644. The van der Waals surface area contributed by atoms with Gasteiger partial charge in [-0.2, -0.15) is 13.2 Å². The first-order valence-electron chi connectivity index (χ1n) is 5.58. The van der Waals surface area contributed by atoms with Gasteiger partial charge in [-0.3, -0.25) is 0 Å². The first-order chi connectivity index (χ1) is 9.32. The average Bonchev–Trinajstić information content (AvgIpc) is 2.37. The summed E-state index contributed by atoms with van der Waals surface area (Å²) in [5, 5.41) is 7.95. The highest BCUT2D eigenvalue weighted by Gasteiger charge is 2.31. The van der Waals surface area contributed by atoms with Crippen molar-refractivity contribution in [1.82, 2.24) is 10.2 Å². The van der Waals surface area contributed by atoms with E-state index in [4.69, 9.17) is 4.74 Å². The number of hydrogen-bond donors (Lipinski definition) is 0. The molecule has 1 aromatic heterocycles. The van der Waals surface area contributed by atoms with Crippen molar-refractivity contribution < 1.29 is 17.9 Å². The Labute approximate surface area is 127 Å². The lowest BCUT2D eigenvalue weighted by Gasteiger charge is -2.13. The van der Waals surface area contributed by atoms with Gasteiger partial charge in [0.15, 0.2) is 0 Å². The fourth-order valence-corrected chi connectivity index (χ4v) is 2.36. The lowest BCUT2D eigenvalue weighted by atomic mass is 10.0. The maximum absolute atomic E-state index is 12.7. The van der Waals surface area contributed by atoms with E-state index in [0.29, 0.717) is 11.3 Å². The molecule has 2 aromatic rings. The van der Waals surface area contributed by atoms with Gasteiger partial charge in [-0.25, -0.2) is 0 Å². The monoisotopic (exact) mass is 394 g/mol. The third-order valence-corrected chi connectivity index (χ3v) is 3.27. The van der Waals surface area contributed by atoms with Crippen LogP contribution in [-0.2, 0) is 6.18 Å². The number of alkyl halides is 3. The molecule has 0 aliphatic rings. The Morgan fingerprint density at radius 2 is 1.85 bits per heavy atom. The summed E-state index contributed by atoms with van der Waals surface area (Å²) in [6.07, 6.45) is -4.40. The summed E-state index contributed by atoms with van der Waals surface area (Å²) in [5.74, 6) is 0.124. The smallest absolute Gasteiger partial charge is 0.416 e. The highest BCUT2D eigenvalue weighted by Crippen LogP contribution is 2.37. The zero-order valence-corrected chi connectivity index (χ0v) is 12.8. The minimum absolute atomic E-state index is 0.124. The first kappa shape index (κ1) is 15.0. The van der Waals surface area contributed by atoms with Crippen LogP contribution in [0.4, 0.5) is 13.2 Å². The van der Waals surface area contributed by atoms with Crippen molar-refractivity contribution in [3.63, 3.8) is 0 Å². The summed E-state index contributed by atoms with van der Waals surface area (Å²) in [6, 6.07) is 5.14. The second-order valence-corrected chi connectivity index (χ2v) is 5.22. The molecule has 20 heavy (non-hydrogen) atoms. The molecule has 0 aliphatic heterocycles. The van der Waals surface area contributed by atoms with E-state index in [0.717, 1.165) is 21.4 Å². The normalized spacial score (nSPS) is 11.5. The molecule has 0 radical (unpaired) electrons. The number of benzene rings is 1. The van der Waals surface area contributed by atoms with Gasteiger partial charge >= 0.3 is 6.18 Å². The van der Waals surface area contributed by atoms with Crippen molar-refractivity contribution in [1.29, 1.82) is 0 Å². The number of ether oxygens (including phenoxy) is 1. The van der Waals surface area contributed by atoms with Crippen LogP contribution in [0.25, 0.3) is 11.3 Å². The van der Waals surface area contributed by atoms with Crippen LogP contribution in [0.3, 0.4) is 0 Å². The first-order valence-corrected chi connectivity index (χ1v) is 6.66. The number of rotatable bonds is 2. The maximum atomic E-state index is 12.7. The molecule has 0 aliphatic carbocycles. The van der Waals surface area contributed by atoms with Gasteiger partial charge in [0.05, 0.1) is 18.4 Å². The predicted molar refractivity (Wildman–Crippen MR) is 76.5 cm³/mol. The van der Waals surface area contributed by atoms with Crippen LogP contribution in [0.5, 0.6) is 5.75 Å². The van der Waals surface area contributed by atoms with Crippen LogP contribution < -0.4 is 4.74 Å². The molecule has 0 saturated heterocycles. The van der Waals surface area contributed by atoms with Crippen LogP contribution in [0.2, 0.25) is 0 Å². The van der Waals surface area contributed by atoms with Crippen molar-refractivity contribution in [2.75, 3.05) is 7.11 Å². The lowest BCUT2D eigenvalue weighted by Crippen LogP contribution is -2.06. The number of aromatic nitrogens is 2. The second-order valence-electron chi connectivity index (χ2n) is 4.11. The van der Waals surface area contributed by atoms with E-state index < -0.39 is 11.7 Å². The fraction of sp³-hybridized carbons (Fsp3) is 0.231. The summed E-state index contributed by atoms with van der Waals surface area (Å²) in [7, 11) is 1.33. The van der Waals surface area contributed by atoms with Crippen LogP contribution in [0.1, 0.15) is 11.1 Å². The summed E-state index contributed by atoms with van der Waals surface area (Å²) < 4.78 is 43.8. The Morgan fingerprint density at radius 1 is 1.15 bits per heavy atom. The molecule has 0 atom stereocenters. The highest BCUT2D eigenvalue weighted by atomic mass is 127. The van der Waals surface area contributed by atoms with Crippen LogP contribution >= 0.6 is 22.6 Å². The summed E-state index contributed by atoms with van der Waals surface area (Å²) >= 11 is 2.02. The molecule has 3 nitrogen and oxygen atoms in total. The fourth-order valence-electron chi connectivity index (χ4n) is 1.78. The lowest BCUT2D eigenvalue weighted by molar-refractivity contribution is -0.137. The molecule has 1 heterocycles. The Morgan fingerprint density at radius 3 is 2.40 bits per heavy atom. The van der Waals surface area contributed by atoms with E-state index in [1.165, 1.54) is 13.2 Å². The standard InChI is InChI=1S/C13H10F3IN2O/c1-7-5-11(17)18-19-12(7)9-4-3-8(13(14,15)16)6-10(9)20-2/h3-6H,1-2H3. The van der Waals surface area contributed by atoms with Crippen LogP contribution in [0, 0.1) is 10.6 Å². The number of nitrogens with zero attached hydrogens (tertiary/aromatic N) is 2. The van der Waals surface area contributed by atoms with Crippen LogP contribution in [-0.4, -0.2) is 17.3 Å². The molecule has 1 aromatic carbocycles. The van der Waals surface area contributed by atoms with E-state index in [1.807, 2.05) is 29.5 Å².